The van der Waals surface area contributed by atoms with Crippen molar-refractivity contribution in [3.8, 4) is 5.69 Å². The number of nitrogens with zero attached hydrogens (tertiary/aromatic N) is 2. The summed E-state index contributed by atoms with van der Waals surface area (Å²) >= 11 is 0. The predicted octanol–water partition coefficient (Wildman–Crippen LogP) is 2.69. The van der Waals surface area contributed by atoms with Crippen LogP contribution in [0.15, 0.2) is 40.1 Å². The number of rotatable bonds is 5. The van der Waals surface area contributed by atoms with Crippen molar-refractivity contribution in [2.24, 2.45) is 0 Å². The highest BCUT2D eigenvalue weighted by atomic mass is 16.3. The van der Waals surface area contributed by atoms with E-state index in [1.165, 1.54) is 10.8 Å². The van der Waals surface area contributed by atoms with Crippen LogP contribution in [0.5, 0.6) is 0 Å². The first-order chi connectivity index (χ1) is 14.2. The van der Waals surface area contributed by atoms with E-state index in [-0.39, 0.29) is 23.8 Å². The van der Waals surface area contributed by atoms with Gasteiger partial charge in [-0.15, -0.1) is 0 Å². The van der Waals surface area contributed by atoms with Crippen molar-refractivity contribution in [3.63, 3.8) is 0 Å². The average molecular weight is 407 g/mol. The average Bonchev–Trinajstić information content (AvgIpc) is 2.67. The van der Waals surface area contributed by atoms with Crippen LogP contribution in [0.1, 0.15) is 63.8 Å². The van der Waals surface area contributed by atoms with Crippen molar-refractivity contribution in [3.05, 3.63) is 90.5 Å². The summed E-state index contributed by atoms with van der Waals surface area (Å²) in [4.78, 5) is 46.0. The van der Waals surface area contributed by atoms with Gasteiger partial charge in [0.2, 0.25) is 5.78 Å². The maximum absolute atomic E-state index is 13.7. The molecule has 0 aliphatic rings. The summed E-state index contributed by atoms with van der Waals surface area (Å²) in [5, 5.41) is 9.85. The smallest absolute Gasteiger partial charge is 0.333 e. The number of aromatic nitrogens is 3. The minimum Gasteiger partial charge on any atom is -0.392 e. The molecule has 0 aliphatic carbocycles. The van der Waals surface area contributed by atoms with Crippen LogP contribution in [-0.4, -0.2) is 25.4 Å². The summed E-state index contributed by atoms with van der Waals surface area (Å²) in [5.41, 5.74) is 2.23. The van der Waals surface area contributed by atoms with Crippen molar-refractivity contribution in [2.75, 3.05) is 0 Å². The molecule has 3 rings (SSSR count). The number of pyridine rings is 1. The van der Waals surface area contributed by atoms with Crippen LogP contribution < -0.4 is 11.2 Å². The number of hydrogen-bond donors (Lipinski definition) is 2. The van der Waals surface area contributed by atoms with Gasteiger partial charge in [0.05, 0.1) is 18.0 Å². The number of carbonyl (C=O) groups is 1. The molecule has 3 aromatic rings. The fourth-order valence-electron chi connectivity index (χ4n) is 3.76. The van der Waals surface area contributed by atoms with Gasteiger partial charge in [-0.05, 0) is 38.3 Å². The second-order valence-corrected chi connectivity index (χ2v) is 7.72. The number of aryl methyl sites for hydroxylation is 3. The van der Waals surface area contributed by atoms with E-state index in [9.17, 15) is 19.5 Å². The molecule has 2 N–H and O–H groups in total. The maximum Gasteiger partial charge on any atom is 0.333 e. The molecule has 0 fully saturated rings. The molecule has 0 atom stereocenters. The summed E-state index contributed by atoms with van der Waals surface area (Å²) in [6.07, 6.45) is 1.52. The van der Waals surface area contributed by atoms with Crippen LogP contribution in [0.4, 0.5) is 0 Å². The third kappa shape index (κ3) is 3.64. The molecule has 156 valence electrons. The van der Waals surface area contributed by atoms with Crippen LogP contribution in [0.25, 0.3) is 5.69 Å². The number of H-pyrrole nitrogens is 1. The Morgan fingerprint density at radius 3 is 2.47 bits per heavy atom. The van der Waals surface area contributed by atoms with Gasteiger partial charge in [0.1, 0.15) is 5.69 Å². The molecule has 0 bridgehead atoms. The summed E-state index contributed by atoms with van der Waals surface area (Å²) in [6, 6.07) is 6.99. The number of nitrogens with one attached hydrogen (secondary N) is 1. The first kappa shape index (κ1) is 21.4. The van der Waals surface area contributed by atoms with Gasteiger partial charge in [-0.1, -0.05) is 37.6 Å². The molecular weight excluding hydrogens is 382 g/mol. The molecule has 7 heteroatoms. The zero-order valence-electron chi connectivity index (χ0n) is 17.7. The quantitative estimate of drug-likeness (QED) is 0.633. The van der Waals surface area contributed by atoms with E-state index >= 15 is 0 Å². The van der Waals surface area contributed by atoms with E-state index in [1.807, 2.05) is 26.0 Å². The summed E-state index contributed by atoms with van der Waals surface area (Å²) in [6.45, 7) is 8.67. The van der Waals surface area contributed by atoms with Crippen molar-refractivity contribution in [1.82, 2.24) is 14.5 Å². The van der Waals surface area contributed by atoms with Crippen LogP contribution >= 0.6 is 0 Å². The Kier molecular flexibility index (Phi) is 5.85. The number of hydrogen-bond acceptors (Lipinski definition) is 5. The third-order valence-corrected chi connectivity index (χ3v) is 5.15. The number of benzene rings is 1. The molecule has 0 spiro atoms. The summed E-state index contributed by atoms with van der Waals surface area (Å²) in [7, 11) is 0. The predicted molar refractivity (Wildman–Crippen MR) is 115 cm³/mol. The first-order valence-corrected chi connectivity index (χ1v) is 9.74. The second kappa shape index (κ2) is 8.20. The second-order valence-electron chi connectivity index (χ2n) is 7.72. The van der Waals surface area contributed by atoms with Gasteiger partial charge in [-0.3, -0.25) is 24.1 Å². The molecule has 2 heterocycles. The number of aromatic amines is 1. The fourth-order valence-corrected chi connectivity index (χ4v) is 3.76. The lowest BCUT2D eigenvalue weighted by atomic mass is 9.94. The number of carbonyl (C=O) groups excluding carboxylic acids is 1. The van der Waals surface area contributed by atoms with Gasteiger partial charge in [-0.2, -0.15) is 0 Å². The minimum atomic E-state index is -0.747. The summed E-state index contributed by atoms with van der Waals surface area (Å²) < 4.78 is 1.19. The van der Waals surface area contributed by atoms with E-state index < -0.39 is 17.0 Å². The Morgan fingerprint density at radius 1 is 1.17 bits per heavy atom. The molecular formula is C23H25N3O4. The Balaban J connectivity index is 2.49. The van der Waals surface area contributed by atoms with E-state index in [1.54, 1.807) is 32.9 Å². The SMILES string of the molecule is Cc1ccc(C(=O)c2c(C(C)C)c(=O)[nH]c(=O)n2-c2c(CO)ccnc2C)c(C)c1. The molecule has 2 aromatic heterocycles. The minimum absolute atomic E-state index is 0.00324. The van der Waals surface area contributed by atoms with Crippen LogP contribution in [-0.2, 0) is 6.61 Å². The third-order valence-electron chi connectivity index (χ3n) is 5.15. The van der Waals surface area contributed by atoms with Crippen molar-refractivity contribution >= 4 is 5.78 Å². The highest BCUT2D eigenvalue weighted by molar-refractivity contribution is 6.10. The molecule has 7 nitrogen and oxygen atoms in total. The Bertz CT molecular complexity index is 1250. The normalized spacial score (nSPS) is 11.2. The largest absolute Gasteiger partial charge is 0.392 e. The van der Waals surface area contributed by atoms with Gasteiger partial charge in [-0.25, -0.2) is 4.79 Å². The zero-order valence-corrected chi connectivity index (χ0v) is 17.7. The molecule has 0 saturated heterocycles. The van der Waals surface area contributed by atoms with Crippen LogP contribution in [0.3, 0.4) is 0 Å². The molecule has 1 aromatic carbocycles. The van der Waals surface area contributed by atoms with Gasteiger partial charge in [0, 0.05) is 22.9 Å². The molecule has 0 aliphatic heterocycles. The van der Waals surface area contributed by atoms with Gasteiger partial charge in [0.25, 0.3) is 5.56 Å². The number of ketones is 1. The fraction of sp³-hybridized carbons (Fsp3) is 0.304. The summed E-state index contributed by atoms with van der Waals surface area (Å²) in [5.74, 6) is -0.744. The monoisotopic (exact) mass is 407 g/mol. The topological polar surface area (TPSA) is 105 Å². The standard InChI is InChI=1S/C23H25N3O4/c1-12(2)18-20(21(28)17-7-6-13(3)10-14(17)4)26(23(30)25-22(18)29)19-15(5)24-9-8-16(19)11-27/h6-10,12,27H,11H2,1-5H3,(H,25,29,30). The van der Waals surface area contributed by atoms with Gasteiger partial charge >= 0.3 is 5.69 Å². The maximum atomic E-state index is 13.7. The number of aliphatic hydroxyl groups is 1. The Morgan fingerprint density at radius 2 is 1.87 bits per heavy atom. The van der Waals surface area contributed by atoms with E-state index in [2.05, 4.69) is 9.97 Å². The molecule has 0 amide bonds. The lowest BCUT2D eigenvalue weighted by molar-refractivity contribution is 0.102. The van der Waals surface area contributed by atoms with Crippen molar-refractivity contribution < 1.29 is 9.90 Å². The van der Waals surface area contributed by atoms with E-state index in [0.717, 1.165) is 11.1 Å². The zero-order chi connectivity index (χ0) is 22.2. The number of aliphatic hydroxyl groups excluding tert-OH is 1. The Hall–Kier alpha value is -3.32. The van der Waals surface area contributed by atoms with Crippen molar-refractivity contribution in [2.45, 2.75) is 47.1 Å². The lowest BCUT2D eigenvalue weighted by Crippen LogP contribution is -2.38. The van der Waals surface area contributed by atoms with Gasteiger partial charge < -0.3 is 5.11 Å². The van der Waals surface area contributed by atoms with Crippen molar-refractivity contribution in [1.29, 1.82) is 0 Å². The van der Waals surface area contributed by atoms with Crippen LogP contribution in [0, 0.1) is 20.8 Å². The molecule has 0 saturated carbocycles. The first-order valence-electron chi connectivity index (χ1n) is 9.74. The van der Waals surface area contributed by atoms with Crippen LogP contribution in [0.2, 0.25) is 0 Å². The highest BCUT2D eigenvalue weighted by Gasteiger charge is 2.27. The highest BCUT2D eigenvalue weighted by Crippen LogP contribution is 2.25. The molecule has 30 heavy (non-hydrogen) atoms. The lowest BCUT2D eigenvalue weighted by Gasteiger charge is -2.20. The Labute approximate surface area is 174 Å². The molecule has 0 radical (unpaired) electrons. The van der Waals surface area contributed by atoms with E-state index in [4.69, 9.17) is 0 Å². The van der Waals surface area contributed by atoms with E-state index in [0.29, 0.717) is 22.5 Å². The molecule has 0 unspecified atom stereocenters. The van der Waals surface area contributed by atoms with Gasteiger partial charge in [0.15, 0.2) is 0 Å².